The molecular formula is C10H19N3O. The topological polar surface area (TPSA) is 50.9 Å². The lowest BCUT2D eigenvalue weighted by atomic mass is 10.1. The molecule has 0 saturated carbocycles. The number of unbranched alkanes of at least 4 members (excludes halogenated alkanes) is 1. The molecule has 0 spiro atoms. The van der Waals surface area contributed by atoms with Crippen LogP contribution in [0.4, 0.5) is 0 Å². The summed E-state index contributed by atoms with van der Waals surface area (Å²) in [7, 11) is 0. The smallest absolute Gasteiger partial charge is 0.138 e. The molecule has 1 atom stereocenters. The van der Waals surface area contributed by atoms with E-state index in [1.165, 1.54) is 0 Å². The van der Waals surface area contributed by atoms with Gasteiger partial charge in [0.2, 0.25) is 0 Å². The summed E-state index contributed by atoms with van der Waals surface area (Å²) in [5.74, 6) is 0.885. The number of aromatic nitrogens is 3. The largest absolute Gasteiger partial charge is 0.393 e. The van der Waals surface area contributed by atoms with Gasteiger partial charge in [-0.2, -0.15) is 5.10 Å². The number of aliphatic hydroxyl groups excluding tert-OH is 1. The van der Waals surface area contributed by atoms with E-state index in [9.17, 15) is 5.11 Å². The Labute approximate surface area is 85.0 Å². The normalized spacial score (nSPS) is 13.1. The van der Waals surface area contributed by atoms with Crippen LogP contribution in [0.1, 0.15) is 38.9 Å². The molecule has 4 heteroatoms. The zero-order valence-corrected chi connectivity index (χ0v) is 8.98. The lowest BCUT2D eigenvalue weighted by Gasteiger charge is -2.09. The van der Waals surface area contributed by atoms with Gasteiger partial charge in [0.05, 0.1) is 6.10 Å². The van der Waals surface area contributed by atoms with Gasteiger partial charge < -0.3 is 5.11 Å². The Morgan fingerprint density at radius 3 is 2.93 bits per heavy atom. The van der Waals surface area contributed by atoms with Crippen molar-refractivity contribution >= 4 is 0 Å². The number of hydrogen-bond donors (Lipinski definition) is 1. The van der Waals surface area contributed by atoms with E-state index < -0.39 is 0 Å². The Morgan fingerprint density at radius 1 is 1.50 bits per heavy atom. The van der Waals surface area contributed by atoms with Crippen LogP contribution in [0.15, 0.2) is 6.33 Å². The van der Waals surface area contributed by atoms with Crippen LogP contribution in [0.2, 0.25) is 0 Å². The van der Waals surface area contributed by atoms with Gasteiger partial charge in [0.15, 0.2) is 0 Å². The highest BCUT2D eigenvalue weighted by molar-refractivity contribution is 4.87. The maximum Gasteiger partial charge on any atom is 0.138 e. The monoisotopic (exact) mass is 197 g/mol. The first-order valence-electron chi connectivity index (χ1n) is 5.32. The molecule has 0 aliphatic heterocycles. The number of hydrogen-bond acceptors (Lipinski definition) is 3. The molecule has 0 aliphatic rings. The van der Waals surface area contributed by atoms with Crippen LogP contribution in [0.3, 0.4) is 0 Å². The zero-order valence-electron chi connectivity index (χ0n) is 8.98. The second-order valence-electron chi connectivity index (χ2n) is 3.49. The van der Waals surface area contributed by atoms with Gasteiger partial charge in [-0.15, -0.1) is 0 Å². The summed E-state index contributed by atoms with van der Waals surface area (Å²) in [5, 5.41) is 13.8. The average Bonchev–Trinajstić information content (AvgIpc) is 2.62. The summed E-state index contributed by atoms with van der Waals surface area (Å²) >= 11 is 0. The first kappa shape index (κ1) is 11.2. The first-order valence-corrected chi connectivity index (χ1v) is 5.32. The average molecular weight is 197 g/mol. The van der Waals surface area contributed by atoms with Crippen molar-refractivity contribution in [1.82, 2.24) is 14.8 Å². The van der Waals surface area contributed by atoms with Crippen LogP contribution in [0.5, 0.6) is 0 Å². The molecule has 1 heterocycles. The van der Waals surface area contributed by atoms with Crippen LogP contribution in [-0.2, 0) is 13.0 Å². The molecule has 1 unspecified atom stereocenters. The molecule has 1 aromatic rings. The van der Waals surface area contributed by atoms with Gasteiger partial charge in [0.1, 0.15) is 12.2 Å². The fraction of sp³-hybridized carbons (Fsp3) is 0.800. The number of aliphatic hydroxyl groups is 1. The minimum Gasteiger partial charge on any atom is -0.393 e. The third-order valence-electron chi connectivity index (χ3n) is 2.30. The van der Waals surface area contributed by atoms with Crippen LogP contribution in [0.25, 0.3) is 0 Å². The SMILES string of the molecule is CCCCC(O)Cc1ncnn1CC. The number of nitrogens with zero attached hydrogens (tertiary/aromatic N) is 3. The Morgan fingerprint density at radius 2 is 2.29 bits per heavy atom. The Bertz CT molecular complexity index is 260. The molecule has 0 fully saturated rings. The maximum atomic E-state index is 9.69. The molecule has 80 valence electrons. The number of rotatable bonds is 6. The standard InChI is InChI=1S/C10H19N3O/c1-3-5-6-9(14)7-10-11-8-12-13(10)4-2/h8-9,14H,3-7H2,1-2H3. The zero-order chi connectivity index (χ0) is 10.4. The molecule has 0 saturated heterocycles. The van der Waals surface area contributed by atoms with Gasteiger partial charge in [-0.05, 0) is 13.3 Å². The molecular weight excluding hydrogens is 178 g/mol. The van der Waals surface area contributed by atoms with Crippen molar-refractivity contribution in [2.24, 2.45) is 0 Å². The molecule has 0 amide bonds. The summed E-state index contributed by atoms with van der Waals surface area (Å²) in [6.07, 6.45) is 4.94. The van der Waals surface area contributed by atoms with Crippen molar-refractivity contribution in [2.75, 3.05) is 0 Å². The quantitative estimate of drug-likeness (QED) is 0.749. The van der Waals surface area contributed by atoms with Gasteiger partial charge in [-0.25, -0.2) is 4.98 Å². The van der Waals surface area contributed by atoms with E-state index in [0.717, 1.165) is 31.6 Å². The van der Waals surface area contributed by atoms with Crippen molar-refractivity contribution < 1.29 is 5.11 Å². The van der Waals surface area contributed by atoms with Crippen LogP contribution < -0.4 is 0 Å². The lowest BCUT2D eigenvalue weighted by molar-refractivity contribution is 0.158. The van der Waals surface area contributed by atoms with E-state index in [-0.39, 0.29) is 6.10 Å². The number of aryl methyl sites for hydroxylation is 1. The summed E-state index contributed by atoms with van der Waals surface area (Å²) in [4.78, 5) is 4.13. The van der Waals surface area contributed by atoms with E-state index in [0.29, 0.717) is 6.42 Å². The Balaban J connectivity index is 2.42. The van der Waals surface area contributed by atoms with E-state index in [4.69, 9.17) is 0 Å². The van der Waals surface area contributed by atoms with Gasteiger partial charge in [-0.3, -0.25) is 4.68 Å². The lowest BCUT2D eigenvalue weighted by Crippen LogP contribution is -2.15. The summed E-state index contributed by atoms with van der Waals surface area (Å²) in [6, 6.07) is 0. The summed E-state index contributed by atoms with van der Waals surface area (Å²) in [5.41, 5.74) is 0. The first-order chi connectivity index (χ1) is 6.77. The third kappa shape index (κ3) is 3.10. The second-order valence-corrected chi connectivity index (χ2v) is 3.49. The van der Waals surface area contributed by atoms with Crippen LogP contribution >= 0.6 is 0 Å². The minimum absolute atomic E-state index is 0.274. The highest BCUT2D eigenvalue weighted by Crippen LogP contribution is 2.06. The highest BCUT2D eigenvalue weighted by Gasteiger charge is 2.09. The predicted molar refractivity (Wildman–Crippen MR) is 54.9 cm³/mol. The van der Waals surface area contributed by atoms with Crippen LogP contribution in [0, 0.1) is 0 Å². The molecule has 0 aliphatic carbocycles. The molecule has 14 heavy (non-hydrogen) atoms. The van der Waals surface area contributed by atoms with Crippen molar-refractivity contribution in [3.63, 3.8) is 0 Å². The highest BCUT2D eigenvalue weighted by atomic mass is 16.3. The van der Waals surface area contributed by atoms with E-state index in [2.05, 4.69) is 17.0 Å². The van der Waals surface area contributed by atoms with E-state index in [1.807, 2.05) is 11.6 Å². The van der Waals surface area contributed by atoms with Crippen LogP contribution in [-0.4, -0.2) is 26.0 Å². The van der Waals surface area contributed by atoms with E-state index in [1.54, 1.807) is 6.33 Å². The Kier molecular flexibility index (Phi) is 4.59. The third-order valence-corrected chi connectivity index (χ3v) is 2.30. The van der Waals surface area contributed by atoms with Crippen molar-refractivity contribution in [2.45, 2.75) is 52.2 Å². The molecule has 1 aromatic heterocycles. The molecule has 1 N–H and O–H groups in total. The maximum absolute atomic E-state index is 9.69. The fourth-order valence-corrected chi connectivity index (χ4v) is 1.46. The summed E-state index contributed by atoms with van der Waals surface area (Å²) < 4.78 is 1.83. The van der Waals surface area contributed by atoms with Gasteiger partial charge in [0.25, 0.3) is 0 Å². The molecule has 0 bridgehead atoms. The summed E-state index contributed by atoms with van der Waals surface area (Å²) in [6.45, 7) is 4.97. The van der Waals surface area contributed by atoms with Crippen molar-refractivity contribution in [3.8, 4) is 0 Å². The molecule has 0 radical (unpaired) electrons. The van der Waals surface area contributed by atoms with Crippen molar-refractivity contribution in [3.05, 3.63) is 12.2 Å². The Hall–Kier alpha value is -0.900. The van der Waals surface area contributed by atoms with Gasteiger partial charge in [-0.1, -0.05) is 19.8 Å². The molecule has 0 aromatic carbocycles. The van der Waals surface area contributed by atoms with Crippen molar-refractivity contribution in [1.29, 1.82) is 0 Å². The van der Waals surface area contributed by atoms with Gasteiger partial charge >= 0.3 is 0 Å². The predicted octanol–water partition coefficient (Wildman–Crippen LogP) is 1.39. The minimum atomic E-state index is -0.274. The molecule has 4 nitrogen and oxygen atoms in total. The fourth-order valence-electron chi connectivity index (χ4n) is 1.46. The van der Waals surface area contributed by atoms with E-state index >= 15 is 0 Å². The van der Waals surface area contributed by atoms with Gasteiger partial charge in [0, 0.05) is 13.0 Å². The second kappa shape index (κ2) is 5.75. The molecule has 1 rings (SSSR count).